The predicted molar refractivity (Wildman–Crippen MR) is 103 cm³/mol. The molecule has 2 aliphatic rings. The molecule has 4 rings (SSSR count). The number of anilines is 1. The molecule has 0 spiro atoms. The van der Waals surface area contributed by atoms with Gasteiger partial charge in [-0.25, -0.2) is 9.97 Å². The van der Waals surface area contributed by atoms with Gasteiger partial charge in [0.1, 0.15) is 12.1 Å². The summed E-state index contributed by atoms with van der Waals surface area (Å²) in [6.45, 7) is 8.66. The summed E-state index contributed by atoms with van der Waals surface area (Å²) >= 11 is 1.53. The Labute approximate surface area is 153 Å². The summed E-state index contributed by atoms with van der Waals surface area (Å²) < 4.78 is 1.05. The van der Waals surface area contributed by atoms with Crippen LogP contribution in [-0.4, -0.2) is 52.9 Å². The van der Waals surface area contributed by atoms with E-state index in [0.29, 0.717) is 6.04 Å². The van der Waals surface area contributed by atoms with Gasteiger partial charge in [-0.15, -0.1) is 11.3 Å². The fourth-order valence-electron chi connectivity index (χ4n) is 4.28. The van der Waals surface area contributed by atoms with Crippen LogP contribution in [0.15, 0.2) is 12.4 Å². The summed E-state index contributed by atoms with van der Waals surface area (Å²) in [4.78, 5) is 26.4. The number of hydrogen-bond donors (Lipinski definition) is 0. The molecule has 25 heavy (non-hydrogen) atoms. The Hall–Kier alpha value is -1.53. The minimum Gasteiger partial charge on any atom is -0.355 e. The molecule has 0 amide bonds. The molecule has 0 saturated carbocycles. The van der Waals surface area contributed by atoms with Crippen molar-refractivity contribution in [2.45, 2.75) is 45.6 Å². The van der Waals surface area contributed by atoms with Gasteiger partial charge in [0.25, 0.3) is 0 Å². The molecule has 2 saturated heterocycles. The number of nitrogens with zero attached hydrogens (tertiary/aromatic N) is 4. The van der Waals surface area contributed by atoms with Crippen molar-refractivity contribution < 1.29 is 4.79 Å². The largest absolute Gasteiger partial charge is 0.355 e. The van der Waals surface area contributed by atoms with Gasteiger partial charge in [0, 0.05) is 19.1 Å². The molecular formula is C19H26N4OS. The lowest BCUT2D eigenvalue weighted by Gasteiger charge is -2.38. The Morgan fingerprint density at radius 2 is 1.92 bits per heavy atom. The predicted octanol–water partition coefficient (Wildman–Crippen LogP) is 3.59. The minimum absolute atomic E-state index is 0.104. The van der Waals surface area contributed by atoms with Crippen molar-refractivity contribution in [3.8, 4) is 0 Å². The Bertz CT molecular complexity index is 760. The number of ketones is 1. The zero-order chi connectivity index (χ0) is 17.4. The molecule has 134 valence electrons. The maximum Gasteiger partial charge on any atom is 0.169 e. The van der Waals surface area contributed by atoms with Crippen LogP contribution >= 0.6 is 11.3 Å². The van der Waals surface area contributed by atoms with Crippen LogP contribution in [0.25, 0.3) is 10.2 Å². The van der Waals surface area contributed by atoms with E-state index >= 15 is 0 Å². The summed E-state index contributed by atoms with van der Waals surface area (Å²) in [5.74, 6) is 1.89. The Balaban J connectivity index is 1.49. The van der Waals surface area contributed by atoms with E-state index in [9.17, 15) is 4.79 Å². The molecule has 4 heterocycles. The molecule has 0 radical (unpaired) electrons. The fraction of sp³-hybridized carbons (Fsp3) is 0.632. The van der Waals surface area contributed by atoms with Gasteiger partial charge in [0.05, 0.1) is 15.1 Å². The lowest BCUT2D eigenvalue weighted by atomic mass is 9.89. The highest BCUT2D eigenvalue weighted by Gasteiger charge is 2.30. The normalized spacial score (nSPS) is 21.1. The molecule has 1 atom stereocenters. The maximum atomic E-state index is 11.7. The lowest BCUT2D eigenvalue weighted by molar-refractivity contribution is 0.102. The van der Waals surface area contributed by atoms with E-state index in [4.69, 9.17) is 0 Å². The highest BCUT2D eigenvalue weighted by atomic mass is 32.1. The van der Waals surface area contributed by atoms with Gasteiger partial charge >= 0.3 is 0 Å². The second kappa shape index (κ2) is 7.00. The molecule has 0 aliphatic carbocycles. The van der Waals surface area contributed by atoms with Crippen LogP contribution < -0.4 is 4.90 Å². The zero-order valence-electron chi connectivity index (χ0n) is 15.1. The summed E-state index contributed by atoms with van der Waals surface area (Å²) in [5.41, 5.74) is 0.896. The molecule has 2 fully saturated rings. The van der Waals surface area contributed by atoms with Gasteiger partial charge in [0.15, 0.2) is 5.78 Å². The third-order valence-corrected chi connectivity index (χ3v) is 7.10. The van der Waals surface area contributed by atoms with Crippen molar-refractivity contribution >= 4 is 33.2 Å². The first-order valence-electron chi connectivity index (χ1n) is 9.38. The minimum atomic E-state index is 0.104. The first-order valence-corrected chi connectivity index (χ1v) is 10.2. The van der Waals surface area contributed by atoms with Crippen LogP contribution in [0.1, 0.15) is 49.2 Å². The number of fused-ring (bicyclic) bond motifs is 1. The summed E-state index contributed by atoms with van der Waals surface area (Å²) in [6.07, 6.45) is 6.79. The van der Waals surface area contributed by atoms with E-state index in [1.54, 1.807) is 13.3 Å². The van der Waals surface area contributed by atoms with E-state index in [2.05, 4.69) is 26.7 Å². The molecule has 1 unspecified atom stereocenters. The average Bonchev–Trinajstić information content (AvgIpc) is 3.30. The number of piperidine rings is 1. The topological polar surface area (TPSA) is 49.3 Å². The molecule has 2 aromatic heterocycles. The van der Waals surface area contributed by atoms with Crippen LogP contribution in [0.5, 0.6) is 0 Å². The van der Waals surface area contributed by atoms with Crippen LogP contribution in [0.2, 0.25) is 0 Å². The highest BCUT2D eigenvalue weighted by Crippen LogP contribution is 2.34. The smallest absolute Gasteiger partial charge is 0.169 e. The molecule has 0 N–H and O–H groups in total. The lowest BCUT2D eigenvalue weighted by Crippen LogP contribution is -2.43. The number of thiophene rings is 1. The number of rotatable bonds is 4. The van der Waals surface area contributed by atoms with Gasteiger partial charge < -0.3 is 9.80 Å². The standard InChI is InChI=1S/C19H26N4OS/c1-13(22-7-3-4-8-22)15-5-9-23(10-6-15)19-18-16(20-12-21-19)11-17(25-18)14(2)24/h11-13,15H,3-10H2,1-2H3. The molecule has 6 heteroatoms. The number of carbonyl (C=O) groups is 1. The third kappa shape index (κ3) is 3.29. The highest BCUT2D eigenvalue weighted by molar-refractivity contribution is 7.21. The summed E-state index contributed by atoms with van der Waals surface area (Å²) in [5, 5.41) is 0. The van der Waals surface area contributed by atoms with Crippen molar-refractivity contribution in [2.24, 2.45) is 5.92 Å². The molecule has 5 nitrogen and oxygen atoms in total. The van der Waals surface area contributed by atoms with Crippen molar-refractivity contribution in [1.29, 1.82) is 0 Å². The molecule has 2 aromatic rings. The summed E-state index contributed by atoms with van der Waals surface area (Å²) in [7, 11) is 0. The molecule has 0 aromatic carbocycles. The van der Waals surface area contributed by atoms with Crippen molar-refractivity contribution in [2.75, 3.05) is 31.1 Å². The van der Waals surface area contributed by atoms with Gasteiger partial charge in [-0.2, -0.15) is 0 Å². The van der Waals surface area contributed by atoms with Gasteiger partial charge in [-0.3, -0.25) is 4.79 Å². The number of hydrogen-bond acceptors (Lipinski definition) is 6. The third-order valence-electron chi connectivity index (χ3n) is 5.88. The monoisotopic (exact) mass is 358 g/mol. The van der Waals surface area contributed by atoms with Crippen molar-refractivity contribution in [3.05, 3.63) is 17.3 Å². The number of Topliss-reactive ketones (excluding diaryl/α,β-unsaturated/α-hetero) is 1. The number of aromatic nitrogens is 2. The van der Waals surface area contributed by atoms with E-state index in [1.807, 2.05) is 6.07 Å². The van der Waals surface area contributed by atoms with Crippen molar-refractivity contribution in [3.63, 3.8) is 0 Å². The first kappa shape index (κ1) is 16.9. The number of carbonyl (C=O) groups excluding carboxylic acids is 1. The van der Waals surface area contributed by atoms with E-state index in [0.717, 1.165) is 39.9 Å². The van der Waals surface area contributed by atoms with Crippen LogP contribution in [0.4, 0.5) is 5.82 Å². The number of likely N-dealkylation sites (tertiary alicyclic amines) is 1. The second-order valence-corrected chi connectivity index (χ2v) is 8.44. The second-order valence-electron chi connectivity index (χ2n) is 7.39. The van der Waals surface area contributed by atoms with Gasteiger partial charge in [-0.05, 0) is 64.6 Å². The van der Waals surface area contributed by atoms with Crippen LogP contribution in [-0.2, 0) is 0 Å². The first-order chi connectivity index (χ1) is 12.1. The van der Waals surface area contributed by atoms with Gasteiger partial charge in [0.2, 0.25) is 0 Å². The van der Waals surface area contributed by atoms with E-state index < -0.39 is 0 Å². The molecule has 2 aliphatic heterocycles. The fourth-order valence-corrected chi connectivity index (χ4v) is 5.30. The maximum absolute atomic E-state index is 11.7. The van der Waals surface area contributed by atoms with E-state index in [1.165, 1.54) is 50.1 Å². The zero-order valence-corrected chi connectivity index (χ0v) is 15.9. The Morgan fingerprint density at radius 3 is 2.60 bits per heavy atom. The molecule has 0 bridgehead atoms. The van der Waals surface area contributed by atoms with E-state index in [-0.39, 0.29) is 5.78 Å². The summed E-state index contributed by atoms with van der Waals surface area (Å²) in [6, 6.07) is 2.59. The van der Waals surface area contributed by atoms with Crippen molar-refractivity contribution in [1.82, 2.24) is 14.9 Å². The average molecular weight is 359 g/mol. The Morgan fingerprint density at radius 1 is 1.20 bits per heavy atom. The molecular weight excluding hydrogens is 332 g/mol. The van der Waals surface area contributed by atoms with Gasteiger partial charge in [-0.1, -0.05) is 0 Å². The Kier molecular flexibility index (Phi) is 4.73. The van der Waals surface area contributed by atoms with Crippen LogP contribution in [0.3, 0.4) is 0 Å². The SMILES string of the molecule is CC(=O)c1cc2ncnc(N3CCC(C(C)N4CCCC4)CC3)c2s1. The van der Waals surface area contributed by atoms with Crippen LogP contribution in [0, 0.1) is 5.92 Å². The quantitative estimate of drug-likeness (QED) is 0.782.